The Hall–Kier alpha value is -0.520. The summed E-state index contributed by atoms with van der Waals surface area (Å²) in [5, 5.41) is 8.50. The SMILES string of the molecule is C#C[C@@H](O)COC. The van der Waals surface area contributed by atoms with Gasteiger partial charge in [0.15, 0.2) is 0 Å². The number of terminal acetylenes is 1. The van der Waals surface area contributed by atoms with Gasteiger partial charge in [-0.2, -0.15) is 0 Å². The number of aliphatic hydroxyl groups is 1. The van der Waals surface area contributed by atoms with Gasteiger partial charge in [-0.15, -0.1) is 6.42 Å². The van der Waals surface area contributed by atoms with Crippen LogP contribution in [0.3, 0.4) is 0 Å². The van der Waals surface area contributed by atoms with Crippen LogP contribution in [-0.2, 0) is 4.74 Å². The van der Waals surface area contributed by atoms with Gasteiger partial charge in [-0.25, -0.2) is 0 Å². The maximum atomic E-state index is 8.50. The molecule has 40 valence electrons. The summed E-state index contributed by atoms with van der Waals surface area (Å²) in [5.74, 6) is 2.10. The van der Waals surface area contributed by atoms with Gasteiger partial charge in [0, 0.05) is 7.11 Å². The Morgan fingerprint density at radius 1 is 2.00 bits per heavy atom. The number of hydrogen-bond acceptors (Lipinski definition) is 2. The van der Waals surface area contributed by atoms with E-state index in [0.717, 1.165) is 0 Å². The van der Waals surface area contributed by atoms with E-state index < -0.39 is 6.10 Å². The molecule has 0 bridgehead atoms. The summed E-state index contributed by atoms with van der Waals surface area (Å²) in [6, 6.07) is 0. The molecular weight excluding hydrogens is 92.1 g/mol. The van der Waals surface area contributed by atoms with Crippen LogP contribution in [0, 0.1) is 12.3 Å². The number of methoxy groups -OCH3 is 1. The molecule has 0 aromatic rings. The minimum atomic E-state index is -0.745. The summed E-state index contributed by atoms with van der Waals surface area (Å²) in [6.07, 6.45) is 4.03. The van der Waals surface area contributed by atoms with Crippen LogP contribution in [-0.4, -0.2) is 24.9 Å². The molecule has 0 aliphatic heterocycles. The molecule has 7 heavy (non-hydrogen) atoms. The van der Waals surface area contributed by atoms with Gasteiger partial charge in [-0.1, -0.05) is 5.92 Å². The smallest absolute Gasteiger partial charge is 0.137 e. The summed E-state index contributed by atoms with van der Waals surface area (Å²) in [4.78, 5) is 0. The average Bonchev–Trinajstić information content (AvgIpc) is 1.68. The second-order valence-electron chi connectivity index (χ2n) is 1.14. The first-order valence-corrected chi connectivity index (χ1v) is 1.94. The van der Waals surface area contributed by atoms with Crippen LogP contribution < -0.4 is 0 Å². The molecule has 0 aliphatic carbocycles. The van der Waals surface area contributed by atoms with E-state index in [4.69, 9.17) is 11.5 Å². The zero-order valence-corrected chi connectivity index (χ0v) is 4.22. The molecule has 2 nitrogen and oxygen atoms in total. The van der Waals surface area contributed by atoms with E-state index >= 15 is 0 Å². The second-order valence-corrected chi connectivity index (χ2v) is 1.14. The van der Waals surface area contributed by atoms with E-state index in [2.05, 4.69) is 10.7 Å². The predicted octanol–water partition coefficient (Wildman–Crippen LogP) is -0.373. The molecule has 0 spiro atoms. The Balaban J connectivity index is 3.04. The van der Waals surface area contributed by atoms with E-state index in [-0.39, 0.29) is 6.61 Å². The summed E-state index contributed by atoms with van der Waals surface area (Å²) in [7, 11) is 1.49. The first-order valence-electron chi connectivity index (χ1n) is 1.94. The summed E-state index contributed by atoms with van der Waals surface area (Å²) < 4.78 is 4.50. The maximum absolute atomic E-state index is 8.50. The molecule has 0 aromatic carbocycles. The molecule has 0 radical (unpaired) electrons. The van der Waals surface area contributed by atoms with Crippen molar-refractivity contribution >= 4 is 0 Å². The van der Waals surface area contributed by atoms with Gasteiger partial charge in [0.05, 0.1) is 6.61 Å². The third-order valence-corrected chi connectivity index (χ3v) is 0.517. The zero-order valence-electron chi connectivity index (χ0n) is 4.22. The average molecular weight is 100 g/mol. The quantitative estimate of drug-likeness (QED) is 0.479. The monoisotopic (exact) mass is 100 g/mol. The van der Waals surface area contributed by atoms with Crippen molar-refractivity contribution in [1.82, 2.24) is 0 Å². The van der Waals surface area contributed by atoms with Crippen LogP contribution in [0.25, 0.3) is 0 Å². The van der Waals surface area contributed by atoms with E-state index in [1.807, 2.05) is 0 Å². The van der Waals surface area contributed by atoms with Crippen LogP contribution in [0.4, 0.5) is 0 Å². The number of hydrogen-bond donors (Lipinski definition) is 1. The minimum Gasteiger partial charge on any atom is -0.381 e. The molecule has 0 unspecified atom stereocenters. The largest absolute Gasteiger partial charge is 0.381 e. The molecular formula is C5H8O2. The van der Waals surface area contributed by atoms with E-state index in [1.165, 1.54) is 7.11 Å². The lowest BCUT2D eigenvalue weighted by Gasteiger charge is -1.96. The van der Waals surface area contributed by atoms with Crippen LogP contribution in [0.15, 0.2) is 0 Å². The predicted molar refractivity (Wildman–Crippen MR) is 26.7 cm³/mol. The standard InChI is InChI=1S/C5H8O2/c1-3-5(6)4-7-2/h1,5-6H,4H2,2H3/t5-/m1/s1. The minimum absolute atomic E-state index is 0.219. The van der Waals surface area contributed by atoms with Gasteiger partial charge in [-0.3, -0.25) is 0 Å². The van der Waals surface area contributed by atoms with Crippen LogP contribution in [0.2, 0.25) is 0 Å². The molecule has 1 N–H and O–H groups in total. The van der Waals surface area contributed by atoms with E-state index in [1.54, 1.807) is 0 Å². The van der Waals surface area contributed by atoms with Gasteiger partial charge in [0.2, 0.25) is 0 Å². The van der Waals surface area contributed by atoms with Crippen molar-refractivity contribution in [2.45, 2.75) is 6.10 Å². The first-order chi connectivity index (χ1) is 3.31. The fourth-order valence-corrected chi connectivity index (χ4v) is 0.206. The molecule has 0 aliphatic rings. The highest BCUT2D eigenvalue weighted by Gasteiger charge is 1.92. The number of aliphatic hydroxyl groups excluding tert-OH is 1. The number of ether oxygens (including phenoxy) is 1. The van der Waals surface area contributed by atoms with Gasteiger partial charge in [0.25, 0.3) is 0 Å². The van der Waals surface area contributed by atoms with Crippen molar-refractivity contribution in [2.75, 3.05) is 13.7 Å². The highest BCUT2D eigenvalue weighted by atomic mass is 16.5. The molecule has 2 heteroatoms. The van der Waals surface area contributed by atoms with Crippen molar-refractivity contribution in [2.24, 2.45) is 0 Å². The lowest BCUT2D eigenvalue weighted by molar-refractivity contribution is 0.0988. The highest BCUT2D eigenvalue weighted by molar-refractivity contribution is 4.92. The molecule has 0 saturated carbocycles. The van der Waals surface area contributed by atoms with Crippen LogP contribution >= 0.6 is 0 Å². The normalized spacial score (nSPS) is 12.7. The van der Waals surface area contributed by atoms with Crippen LogP contribution in [0.5, 0.6) is 0 Å². The third kappa shape index (κ3) is 3.31. The summed E-state index contributed by atoms with van der Waals surface area (Å²) >= 11 is 0. The zero-order chi connectivity index (χ0) is 5.70. The highest BCUT2D eigenvalue weighted by Crippen LogP contribution is 1.76. The fraction of sp³-hybridized carbons (Fsp3) is 0.600. The van der Waals surface area contributed by atoms with Gasteiger partial charge in [-0.05, 0) is 0 Å². The summed E-state index contributed by atoms with van der Waals surface area (Å²) in [5.41, 5.74) is 0. The Morgan fingerprint density at radius 3 is 2.71 bits per heavy atom. The lowest BCUT2D eigenvalue weighted by Crippen LogP contribution is -2.09. The molecule has 1 atom stereocenters. The van der Waals surface area contributed by atoms with Crippen molar-refractivity contribution < 1.29 is 9.84 Å². The molecule has 0 amide bonds. The first kappa shape index (κ1) is 6.48. The van der Waals surface area contributed by atoms with Crippen molar-refractivity contribution in [3.8, 4) is 12.3 Å². The molecule has 0 rings (SSSR count). The van der Waals surface area contributed by atoms with Gasteiger partial charge < -0.3 is 9.84 Å². The molecule has 0 heterocycles. The number of rotatable bonds is 2. The van der Waals surface area contributed by atoms with E-state index in [0.29, 0.717) is 0 Å². The fourth-order valence-electron chi connectivity index (χ4n) is 0.206. The van der Waals surface area contributed by atoms with E-state index in [9.17, 15) is 0 Å². The topological polar surface area (TPSA) is 29.5 Å². The van der Waals surface area contributed by atoms with Crippen molar-refractivity contribution in [1.29, 1.82) is 0 Å². The van der Waals surface area contributed by atoms with Gasteiger partial charge in [0.1, 0.15) is 6.10 Å². The van der Waals surface area contributed by atoms with Crippen LogP contribution in [0.1, 0.15) is 0 Å². The Labute approximate surface area is 43.1 Å². The second kappa shape index (κ2) is 3.66. The molecule has 0 fully saturated rings. The molecule has 0 aromatic heterocycles. The van der Waals surface area contributed by atoms with Crippen molar-refractivity contribution in [3.05, 3.63) is 0 Å². The lowest BCUT2D eigenvalue weighted by atomic mass is 10.4. The Kier molecular flexibility index (Phi) is 3.39. The van der Waals surface area contributed by atoms with Gasteiger partial charge >= 0.3 is 0 Å². The Morgan fingerprint density at radius 2 is 2.57 bits per heavy atom. The van der Waals surface area contributed by atoms with Crippen molar-refractivity contribution in [3.63, 3.8) is 0 Å². The summed E-state index contributed by atoms with van der Waals surface area (Å²) in [6.45, 7) is 0.219. The molecule has 0 saturated heterocycles. The third-order valence-electron chi connectivity index (χ3n) is 0.517. The Bertz CT molecular complexity index is 72.6. The maximum Gasteiger partial charge on any atom is 0.137 e.